The summed E-state index contributed by atoms with van der Waals surface area (Å²) in [6.07, 6.45) is 21.5. The molecule has 0 saturated carbocycles. The number of rotatable bonds is 4. The van der Waals surface area contributed by atoms with Gasteiger partial charge in [-0.2, -0.15) is 0 Å². The minimum Gasteiger partial charge on any atom is -0.264 e. The van der Waals surface area contributed by atoms with Gasteiger partial charge in [0.2, 0.25) is 0 Å². The summed E-state index contributed by atoms with van der Waals surface area (Å²) in [5.74, 6) is 0. The number of nitrogens with zero attached hydrogens (tertiary/aromatic N) is 2. The van der Waals surface area contributed by atoms with E-state index in [-0.39, 0.29) is 0 Å². The molecular weight excluding hydrogens is 520 g/mol. The van der Waals surface area contributed by atoms with Gasteiger partial charge in [-0.1, -0.05) is 122 Å². The van der Waals surface area contributed by atoms with Crippen molar-refractivity contribution in [2.24, 2.45) is 0 Å². The van der Waals surface area contributed by atoms with Gasteiger partial charge in [-0.15, -0.1) is 0 Å². The van der Waals surface area contributed by atoms with E-state index in [1.165, 1.54) is 43.8 Å². The summed E-state index contributed by atoms with van der Waals surface area (Å²) in [5.41, 5.74) is 9.97. The Labute approximate surface area is 252 Å². The molecule has 0 bridgehead atoms. The third-order valence-electron chi connectivity index (χ3n) is 7.92. The predicted molar refractivity (Wildman–Crippen MR) is 183 cm³/mol. The van der Waals surface area contributed by atoms with Crippen LogP contribution in [0.5, 0.6) is 0 Å². The Morgan fingerprint density at radius 2 is 1.21 bits per heavy atom. The Morgan fingerprint density at radius 3 is 1.86 bits per heavy atom. The molecule has 204 valence electrons. The third kappa shape index (κ3) is 5.27. The molecule has 0 radical (unpaired) electrons. The first-order chi connectivity index (χ1) is 21.3. The fourth-order valence-electron chi connectivity index (χ4n) is 5.89. The van der Waals surface area contributed by atoms with Gasteiger partial charge in [0.15, 0.2) is 0 Å². The van der Waals surface area contributed by atoms with Gasteiger partial charge in [0.1, 0.15) is 0 Å². The Hall–Kier alpha value is -5.60. The first kappa shape index (κ1) is 26.3. The zero-order chi connectivity index (χ0) is 29.0. The standard InChI is InChI=1S/C41H30N2/c1-29-12-5-3-2-4-6-13-32(26-29)41-37-17-9-7-15-35(37)40(36-16-8-10-18-38(36)41)31-21-19-30(20-22-31)33-23-24-39(43-28-33)34-14-11-25-42-27-34/h2-3,5-28H,1,4H2/b3-2-,12-5-,13-6-,32-26+. The molecule has 0 amide bonds. The van der Waals surface area contributed by atoms with Crippen LogP contribution in [0.2, 0.25) is 0 Å². The minimum atomic E-state index is 0.885. The number of allylic oxidation sites excluding steroid dienone is 9. The van der Waals surface area contributed by atoms with Crippen LogP contribution in [0.15, 0.2) is 170 Å². The third-order valence-corrected chi connectivity index (χ3v) is 7.92. The van der Waals surface area contributed by atoms with Crippen molar-refractivity contribution in [1.82, 2.24) is 9.97 Å². The van der Waals surface area contributed by atoms with Gasteiger partial charge in [0.25, 0.3) is 0 Å². The van der Waals surface area contributed by atoms with Crippen molar-refractivity contribution in [2.45, 2.75) is 6.42 Å². The van der Waals surface area contributed by atoms with Crippen molar-refractivity contribution in [2.75, 3.05) is 0 Å². The maximum Gasteiger partial charge on any atom is 0.0717 e. The summed E-state index contributed by atoms with van der Waals surface area (Å²) in [5, 5.41) is 4.93. The van der Waals surface area contributed by atoms with Gasteiger partial charge in [0, 0.05) is 29.7 Å². The molecule has 1 aliphatic rings. The van der Waals surface area contributed by atoms with E-state index in [1.807, 2.05) is 24.5 Å². The Bertz CT molecular complexity index is 2020. The van der Waals surface area contributed by atoms with Crippen LogP contribution in [0.4, 0.5) is 0 Å². The highest BCUT2D eigenvalue weighted by Gasteiger charge is 2.17. The van der Waals surface area contributed by atoms with Crippen LogP contribution in [-0.4, -0.2) is 9.97 Å². The molecule has 6 aromatic rings. The molecule has 2 heterocycles. The van der Waals surface area contributed by atoms with Crippen LogP contribution in [-0.2, 0) is 0 Å². The van der Waals surface area contributed by atoms with E-state index in [9.17, 15) is 0 Å². The van der Waals surface area contributed by atoms with Crippen LogP contribution in [0, 0.1) is 0 Å². The number of fused-ring (bicyclic) bond motifs is 2. The van der Waals surface area contributed by atoms with Crippen molar-refractivity contribution < 1.29 is 0 Å². The number of pyridine rings is 2. The summed E-state index contributed by atoms with van der Waals surface area (Å²) in [7, 11) is 0. The van der Waals surface area contributed by atoms with E-state index in [4.69, 9.17) is 4.98 Å². The smallest absolute Gasteiger partial charge is 0.0717 e. The zero-order valence-electron chi connectivity index (χ0n) is 23.8. The molecule has 1 aliphatic carbocycles. The molecule has 0 atom stereocenters. The SMILES string of the molecule is C=C1/C=C\C=C/C/C=C\C(c2c3ccccc3c(-c3ccc(-c4ccc(-c5cccnc5)nc4)cc3)c3ccccc23)=C/1. The summed E-state index contributed by atoms with van der Waals surface area (Å²) in [4.78, 5) is 8.92. The molecule has 2 nitrogen and oxygen atoms in total. The van der Waals surface area contributed by atoms with Crippen molar-refractivity contribution in [1.29, 1.82) is 0 Å². The summed E-state index contributed by atoms with van der Waals surface area (Å²) in [6, 6.07) is 34.6. The lowest BCUT2D eigenvalue weighted by molar-refractivity contribution is 1.28. The molecule has 0 spiro atoms. The van der Waals surface area contributed by atoms with Crippen molar-refractivity contribution in [3.63, 3.8) is 0 Å². The van der Waals surface area contributed by atoms with Crippen LogP contribution in [0.1, 0.15) is 12.0 Å². The van der Waals surface area contributed by atoms with Crippen LogP contribution < -0.4 is 0 Å². The molecule has 4 aromatic carbocycles. The first-order valence-electron chi connectivity index (χ1n) is 14.6. The number of benzene rings is 4. The Morgan fingerprint density at radius 1 is 0.535 bits per heavy atom. The fourth-order valence-corrected chi connectivity index (χ4v) is 5.89. The second kappa shape index (κ2) is 11.7. The van der Waals surface area contributed by atoms with Crippen molar-refractivity contribution >= 4 is 27.1 Å². The average molecular weight is 551 g/mol. The fraction of sp³-hybridized carbons (Fsp3) is 0.0244. The highest BCUT2D eigenvalue weighted by atomic mass is 14.7. The van der Waals surface area contributed by atoms with Gasteiger partial charge < -0.3 is 0 Å². The maximum atomic E-state index is 4.71. The van der Waals surface area contributed by atoms with Crippen LogP contribution in [0.25, 0.3) is 60.6 Å². The molecule has 7 rings (SSSR count). The number of hydrogen-bond acceptors (Lipinski definition) is 2. The monoisotopic (exact) mass is 550 g/mol. The summed E-state index contributed by atoms with van der Waals surface area (Å²) >= 11 is 0. The predicted octanol–water partition coefficient (Wildman–Crippen LogP) is 10.8. The maximum absolute atomic E-state index is 4.71. The second-order valence-electron chi connectivity index (χ2n) is 10.7. The van der Waals surface area contributed by atoms with Gasteiger partial charge >= 0.3 is 0 Å². The summed E-state index contributed by atoms with van der Waals surface area (Å²) < 4.78 is 0. The number of aromatic nitrogens is 2. The van der Waals surface area contributed by atoms with Crippen LogP contribution >= 0.6 is 0 Å². The molecule has 43 heavy (non-hydrogen) atoms. The normalized spacial score (nSPS) is 16.8. The van der Waals surface area contributed by atoms with Gasteiger partial charge in [-0.25, -0.2) is 0 Å². The zero-order valence-corrected chi connectivity index (χ0v) is 23.8. The van der Waals surface area contributed by atoms with Crippen molar-refractivity contribution in [3.05, 3.63) is 176 Å². The van der Waals surface area contributed by atoms with E-state index in [2.05, 4.69) is 139 Å². The molecule has 2 heteroatoms. The molecule has 0 aliphatic heterocycles. The lowest BCUT2D eigenvalue weighted by atomic mass is 9.85. The number of hydrogen-bond donors (Lipinski definition) is 0. The molecule has 0 N–H and O–H groups in total. The van der Waals surface area contributed by atoms with Gasteiger partial charge in [-0.05, 0) is 85.6 Å². The van der Waals surface area contributed by atoms with Crippen molar-refractivity contribution in [3.8, 4) is 33.5 Å². The molecule has 0 fully saturated rings. The van der Waals surface area contributed by atoms with Gasteiger partial charge in [-0.3, -0.25) is 9.97 Å². The molecule has 2 aromatic heterocycles. The minimum absolute atomic E-state index is 0.885. The van der Waals surface area contributed by atoms with Gasteiger partial charge in [0.05, 0.1) is 5.69 Å². The highest BCUT2D eigenvalue weighted by molar-refractivity contribution is 6.19. The first-order valence-corrected chi connectivity index (χ1v) is 14.6. The quantitative estimate of drug-likeness (QED) is 0.204. The average Bonchev–Trinajstić information content (AvgIpc) is 3.07. The topological polar surface area (TPSA) is 25.8 Å². The van der Waals surface area contributed by atoms with E-state index in [0.717, 1.165) is 34.4 Å². The largest absolute Gasteiger partial charge is 0.264 e. The van der Waals surface area contributed by atoms with Crippen LogP contribution in [0.3, 0.4) is 0 Å². The highest BCUT2D eigenvalue weighted by Crippen LogP contribution is 2.42. The molecule has 0 unspecified atom stereocenters. The Balaban J connectivity index is 1.35. The lowest BCUT2D eigenvalue weighted by Gasteiger charge is -2.18. The molecule has 0 saturated heterocycles. The lowest BCUT2D eigenvalue weighted by Crippen LogP contribution is -1.93. The second-order valence-corrected chi connectivity index (χ2v) is 10.7. The van der Waals surface area contributed by atoms with E-state index in [0.29, 0.717) is 0 Å². The molecular formula is C41H30N2. The van der Waals surface area contributed by atoms with E-state index < -0.39 is 0 Å². The van der Waals surface area contributed by atoms with E-state index >= 15 is 0 Å². The summed E-state index contributed by atoms with van der Waals surface area (Å²) in [6.45, 7) is 4.30. The van der Waals surface area contributed by atoms with E-state index in [1.54, 1.807) is 6.20 Å². The Kier molecular flexibility index (Phi) is 7.17.